The normalized spacial score (nSPS) is 18.7. The zero-order valence-electron chi connectivity index (χ0n) is 36.2. The minimum atomic E-state index is -4.93. The number of rotatable bonds is 18. The highest BCUT2D eigenvalue weighted by molar-refractivity contribution is 6.74. The van der Waals surface area contributed by atoms with Gasteiger partial charge in [-0.15, -0.1) is 0 Å². The van der Waals surface area contributed by atoms with E-state index in [-0.39, 0.29) is 24.6 Å². The summed E-state index contributed by atoms with van der Waals surface area (Å²) in [6.07, 6.45) is 1.22. The number of alkyl halides is 3. The molecule has 61 heavy (non-hydrogen) atoms. The minimum Gasteiger partial charge on any atom is -0.497 e. The van der Waals surface area contributed by atoms with E-state index in [1.165, 1.54) is 10.8 Å². The second-order valence-electron chi connectivity index (χ2n) is 16.9. The van der Waals surface area contributed by atoms with E-state index in [1.54, 1.807) is 21.1 Å². The van der Waals surface area contributed by atoms with Crippen LogP contribution in [0.3, 0.4) is 0 Å². The molecule has 0 spiro atoms. The van der Waals surface area contributed by atoms with Crippen LogP contribution in [0, 0.1) is 6.92 Å². The number of hydrogen-bond acceptors (Lipinski definition) is 8. The Morgan fingerprint density at radius 1 is 0.902 bits per heavy atom. The molecule has 1 amide bonds. The lowest BCUT2D eigenvalue weighted by Crippen LogP contribution is -2.53. The highest BCUT2D eigenvalue weighted by Crippen LogP contribution is 2.48. The number of ether oxygens (including phenoxy) is 4. The number of H-pyrrole nitrogens is 1. The number of unbranched alkanes of at least 4 members (excludes halogenated alkanes) is 3. The number of carbonyl (C=O) groups excluding carboxylic acids is 1. The Labute approximate surface area is 356 Å². The molecule has 0 saturated carbocycles. The molecule has 4 aromatic rings. The van der Waals surface area contributed by atoms with E-state index in [9.17, 15) is 27.6 Å². The number of benzene rings is 3. The first-order valence-electron chi connectivity index (χ1n) is 20.5. The first-order valence-corrected chi connectivity index (χ1v) is 23.4. The fourth-order valence-electron chi connectivity index (χ4n) is 7.18. The van der Waals surface area contributed by atoms with Gasteiger partial charge in [0, 0.05) is 24.7 Å². The van der Waals surface area contributed by atoms with Crippen molar-refractivity contribution in [2.75, 3.05) is 27.4 Å². The first kappa shape index (κ1) is 47.1. The molecule has 1 aromatic heterocycles. The average Bonchev–Trinajstić information content (AvgIpc) is 3.56. The Morgan fingerprint density at radius 2 is 1.48 bits per heavy atom. The molecule has 5 rings (SSSR count). The number of hydrogen-bond donors (Lipinski definition) is 2. The zero-order chi connectivity index (χ0) is 44.6. The molecule has 0 radical (unpaired) electrons. The third kappa shape index (κ3) is 10.9. The molecule has 1 fully saturated rings. The van der Waals surface area contributed by atoms with Crippen molar-refractivity contribution >= 4 is 14.2 Å². The molecule has 11 nitrogen and oxygen atoms in total. The van der Waals surface area contributed by atoms with Gasteiger partial charge in [0.25, 0.3) is 5.56 Å². The quantitative estimate of drug-likeness (QED) is 0.0440. The van der Waals surface area contributed by atoms with E-state index in [0.717, 1.165) is 16.7 Å². The van der Waals surface area contributed by atoms with E-state index in [1.807, 2.05) is 96.3 Å². The Morgan fingerprint density at radius 3 is 2.02 bits per heavy atom. The number of allylic oxidation sites excluding steroid dienone is 1. The van der Waals surface area contributed by atoms with Gasteiger partial charge >= 0.3 is 17.8 Å². The van der Waals surface area contributed by atoms with Crippen LogP contribution in [0.25, 0.3) is 0 Å². The van der Waals surface area contributed by atoms with Crippen LogP contribution in [0.5, 0.6) is 11.5 Å². The van der Waals surface area contributed by atoms with Gasteiger partial charge in [-0.2, -0.15) is 13.2 Å². The maximum absolute atomic E-state index is 13.4. The summed E-state index contributed by atoms with van der Waals surface area (Å²) in [4.78, 5) is 39.6. The molecule has 3 atom stereocenters. The van der Waals surface area contributed by atoms with Crippen LogP contribution in [0.15, 0.2) is 107 Å². The van der Waals surface area contributed by atoms with Gasteiger partial charge in [0.2, 0.25) is 0 Å². The SMILES string of the molecule is COc1ccc(C(OC[C@@]2(/C=C/CCCCCNC(=O)C(F)(F)F)O[C@@H](n3cc(C)c(=O)[nH]c3=O)C[C@@H]2O[Si](C)(C)C(C)(C)C)(c2ccccc2)c2ccc(OC)cc2)cc1. The smallest absolute Gasteiger partial charge is 0.471 e. The van der Waals surface area contributed by atoms with E-state index < -0.39 is 55.2 Å². The molecule has 0 bridgehead atoms. The second-order valence-corrected chi connectivity index (χ2v) is 21.7. The fraction of sp³-hybridized carbons (Fsp3) is 0.457. The van der Waals surface area contributed by atoms with Crippen LogP contribution in [-0.2, 0) is 24.3 Å². The molecular weight excluding hydrogens is 808 g/mol. The number of nitrogens with one attached hydrogen (secondary N) is 2. The van der Waals surface area contributed by atoms with E-state index >= 15 is 0 Å². The summed E-state index contributed by atoms with van der Waals surface area (Å²) < 4.78 is 72.4. The van der Waals surface area contributed by atoms with Crippen molar-refractivity contribution in [2.24, 2.45) is 0 Å². The van der Waals surface area contributed by atoms with Crippen molar-refractivity contribution in [2.45, 2.75) is 108 Å². The van der Waals surface area contributed by atoms with Crippen LogP contribution in [0.4, 0.5) is 13.2 Å². The van der Waals surface area contributed by atoms with Crippen molar-refractivity contribution in [3.05, 3.63) is 140 Å². The van der Waals surface area contributed by atoms with Gasteiger partial charge in [0.15, 0.2) is 8.32 Å². The number of halogens is 3. The Kier molecular flexibility index (Phi) is 15.0. The molecule has 2 heterocycles. The second kappa shape index (κ2) is 19.4. The lowest BCUT2D eigenvalue weighted by atomic mass is 9.79. The summed E-state index contributed by atoms with van der Waals surface area (Å²) >= 11 is 0. The summed E-state index contributed by atoms with van der Waals surface area (Å²) in [7, 11) is 0.648. The van der Waals surface area contributed by atoms with Crippen molar-refractivity contribution in [1.29, 1.82) is 0 Å². The van der Waals surface area contributed by atoms with Gasteiger partial charge in [0.1, 0.15) is 28.9 Å². The van der Waals surface area contributed by atoms with Gasteiger partial charge in [-0.1, -0.05) is 93.9 Å². The highest BCUT2D eigenvalue weighted by atomic mass is 28.4. The summed E-state index contributed by atoms with van der Waals surface area (Å²) in [5, 5.41) is 1.71. The van der Waals surface area contributed by atoms with Crippen molar-refractivity contribution < 1.29 is 41.3 Å². The lowest BCUT2D eigenvalue weighted by molar-refractivity contribution is -0.173. The summed E-state index contributed by atoms with van der Waals surface area (Å²) in [6, 6.07) is 25.2. The van der Waals surface area contributed by atoms with Gasteiger partial charge in [0.05, 0.1) is 26.9 Å². The van der Waals surface area contributed by atoms with Crippen molar-refractivity contribution in [3.63, 3.8) is 0 Å². The van der Waals surface area contributed by atoms with Crippen LogP contribution >= 0.6 is 0 Å². The first-order chi connectivity index (χ1) is 28.8. The van der Waals surface area contributed by atoms with Gasteiger partial charge < -0.3 is 28.7 Å². The number of carbonyl (C=O) groups is 1. The fourth-order valence-corrected chi connectivity index (χ4v) is 8.54. The van der Waals surface area contributed by atoms with Crippen LogP contribution < -0.4 is 26.0 Å². The number of amides is 1. The Hall–Kier alpha value is -4.96. The molecule has 3 aromatic carbocycles. The molecular formula is C46H58F3N3O8Si. The predicted molar refractivity (Wildman–Crippen MR) is 231 cm³/mol. The average molecular weight is 866 g/mol. The Bertz CT molecular complexity index is 2170. The van der Waals surface area contributed by atoms with E-state index in [4.69, 9.17) is 23.4 Å². The lowest BCUT2D eigenvalue weighted by Gasteiger charge is -2.44. The maximum Gasteiger partial charge on any atom is 0.471 e. The van der Waals surface area contributed by atoms with Crippen LogP contribution in [0.2, 0.25) is 18.1 Å². The summed E-state index contributed by atoms with van der Waals surface area (Å²) in [5.41, 5.74) is -0.920. The number of aryl methyl sites for hydroxylation is 1. The van der Waals surface area contributed by atoms with E-state index in [2.05, 4.69) is 38.8 Å². The summed E-state index contributed by atoms with van der Waals surface area (Å²) in [5.74, 6) is -0.634. The van der Waals surface area contributed by atoms with Crippen molar-refractivity contribution in [3.8, 4) is 11.5 Å². The molecule has 0 aliphatic carbocycles. The molecule has 1 aliphatic rings. The van der Waals surface area contributed by atoms with Crippen molar-refractivity contribution in [1.82, 2.24) is 14.9 Å². The number of aromatic nitrogens is 2. The molecule has 1 aliphatic heterocycles. The standard InChI is InChI=1S/C46H58F3N3O8Si/c1-32-30-52(42(55)51-40(32)53)39-29-38(60-61(7,8)43(2,3)4)44(59-39,27-15-10-9-11-16-28-50-41(54)46(47,48)49)31-58-45(33-17-13-12-14-18-33,34-19-23-36(56-5)24-20-34)35-21-25-37(57-6)26-22-35/h12-15,17-27,30,38-39H,9-11,16,28-29,31H2,1-8H3,(H,50,54)(H,51,53,55)/b27-15+/t38-,39+,44+/m0/s1. The molecule has 330 valence electrons. The third-order valence-electron chi connectivity index (χ3n) is 11.7. The number of methoxy groups -OCH3 is 2. The Balaban J connectivity index is 1.63. The number of aromatic amines is 1. The molecule has 1 saturated heterocycles. The van der Waals surface area contributed by atoms with E-state index in [0.29, 0.717) is 42.7 Å². The third-order valence-corrected chi connectivity index (χ3v) is 16.2. The number of nitrogens with zero attached hydrogens (tertiary/aromatic N) is 1. The maximum atomic E-state index is 13.4. The minimum absolute atomic E-state index is 0.0766. The van der Waals surface area contributed by atoms with Gasteiger partial charge in [-0.3, -0.25) is 19.1 Å². The molecule has 0 unspecified atom stereocenters. The largest absolute Gasteiger partial charge is 0.497 e. The topological polar surface area (TPSA) is 130 Å². The van der Waals surface area contributed by atoms with Gasteiger partial charge in [-0.25, -0.2) is 4.79 Å². The highest BCUT2D eigenvalue weighted by Gasteiger charge is 2.54. The summed E-state index contributed by atoms with van der Waals surface area (Å²) in [6.45, 7) is 12.2. The molecule has 2 N–H and O–H groups in total. The van der Waals surface area contributed by atoms with Crippen LogP contribution in [-0.4, -0.2) is 69.0 Å². The predicted octanol–water partition coefficient (Wildman–Crippen LogP) is 8.71. The van der Waals surface area contributed by atoms with Gasteiger partial charge in [-0.05, 0) is 85.3 Å². The molecule has 15 heteroatoms. The monoisotopic (exact) mass is 865 g/mol. The van der Waals surface area contributed by atoms with Crippen LogP contribution in [0.1, 0.15) is 81.4 Å². The zero-order valence-corrected chi connectivity index (χ0v) is 37.2.